The first-order valence-electron chi connectivity index (χ1n) is 16.6. The van der Waals surface area contributed by atoms with Gasteiger partial charge in [-0.05, 0) is 43.9 Å². The highest BCUT2D eigenvalue weighted by molar-refractivity contribution is 5.67. The molecule has 234 valence electrons. The highest BCUT2D eigenvalue weighted by atomic mass is 14.6. The molecule has 0 spiro atoms. The van der Waals surface area contributed by atoms with Crippen LogP contribution in [0.25, 0.3) is 23.3 Å². The van der Waals surface area contributed by atoms with E-state index in [2.05, 4.69) is 205 Å². The van der Waals surface area contributed by atoms with Crippen LogP contribution in [0.4, 0.5) is 0 Å². The maximum absolute atomic E-state index is 2.46. The lowest BCUT2D eigenvalue weighted by Gasteiger charge is -2.56. The first-order valence-corrected chi connectivity index (χ1v) is 16.6. The lowest BCUT2D eigenvalue weighted by Crippen LogP contribution is -2.49. The molecular formula is C44H58. The summed E-state index contributed by atoms with van der Waals surface area (Å²) in [6, 6.07) is 18.0. The molecule has 0 fully saturated rings. The smallest absolute Gasteiger partial charge is 0.00793 e. The summed E-state index contributed by atoms with van der Waals surface area (Å²) in [5.41, 5.74) is 5.54. The van der Waals surface area contributed by atoms with E-state index in [1.807, 2.05) is 0 Å². The van der Waals surface area contributed by atoms with E-state index in [4.69, 9.17) is 0 Å². The minimum atomic E-state index is 0.0341. The fourth-order valence-electron chi connectivity index (χ4n) is 8.99. The van der Waals surface area contributed by atoms with Gasteiger partial charge in [-0.25, -0.2) is 0 Å². The molecule has 0 radical (unpaired) electrons. The van der Waals surface area contributed by atoms with Crippen molar-refractivity contribution >= 4 is 12.2 Å². The highest BCUT2D eigenvalue weighted by Crippen LogP contribution is 2.60. The van der Waals surface area contributed by atoms with Crippen LogP contribution in [0.3, 0.4) is 0 Å². The van der Waals surface area contributed by atoms with Gasteiger partial charge in [0.25, 0.3) is 0 Å². The van der Waals surface area contributed by atoms with Crippen molar-refractivity contribution < 1.29 is 0 Å². The first-order chi connectivity index (χ1) is 20.3. The van der Waals surface area contributed by atoms with E-state index in [-0.39, 0.29) is 32.5 Å². The second kappa shape index (κ2) is 12.0. The van der Waals surface area contributed by atoms with Crippen LogP contribution in [0.1, 0.15) is 94.2 Å². The molecule has 44 heavy (non-hydrogen) atoms. The van der Waals surface area contributed by atoms with Gasteiger partial charge in [-0.3, -0.25) is 0 Å². The van der Waals surface area contributed by atoms with E-state index in [9.17, 15) is 0 Å². The summed E-state index contributed by atoms with van der Waals surface area (Å²) in [6.07, 6.45) is 28.0. The Balaban J connectivity index is 1.51. The van der Waals surface area contributed by atoms with Crippen LogP contribution >= 0.6 is 0 Å². The molecule has 0 aliphatic heterocycles. The van der Waals surface area contributed by atoms with E-state index in [0.717, 1.165) is 0 Å². The second-order valence-corrected chi connectivity index (χ2v) is 17.2. The van der Waals surface area contributed by atoms with Gasteiger partial charge in [-0.15, -0.1) is 0 Å². The summed E-state index contributed by atoms with van der Waals surface area (Å²) in [5.74, 6) is 0.676. The Labute approximate surface area is 270 Å². The Hall–Kier alpha value is -3.12. The van der Waals surface area contributed by atoms with Crippen molar-refractivity contribution in [2.45, 2.75) is 83.1 Å². The molecular weight excluding hydrogens is 528 g/mol. The van der Waals surface area contributed by atoms with Crippen molar-refractivity contribution in [1.29, 1.82) is 0 Å². The van der Waals surface area contributed by atoms with Gasteiger partial charge in [0.05, 0.1) is 0 Å². The van der Waals surface area contributed by atoms with Crippen molar-refractivity contribution in [2.75, 3.05) is 0 Å². The van der Waals surface area contributed by atoms with Crippen molar-refractivity contribution in [3.05, 3.63) is 120 Å². The van der Waals surface area contributed by atoms with Gasteiger partial charge < -0.3 is 0 Å². The Bertz CT molecular complexity index is 1310. The molecule has 0 heterocycles. The summed E-state index contributed by atoms with van der Waals surface area (Å²) < 4.78 is 0. The van der Waals surface area contributed by atoms with E-state index in [0.29, 0.717) is 11.8 Å². The average Bonchev–Trinajstić information content (AvgIpc) is 2.93. The van der Waals surface area contributed by atoms with E-state index in [1.54, 1.807) is 0 Å². The topological polar surface area (TPSA) is 0 Å². The van der Waals surface area contributed by atoms with Crippen LogP contribution in [0, 0.1) is 44.3 Å². The molecule has 2 aromatic carbocycles. The number of hydrogen-bond acceptors (Lipinski definition) is 0. The maximum atomic E-state index is 2.46. The van der Waals surface area contributed by atoms with Crippen molar-refractivity contribution in [1.82, 2.24) is 0 Å². The van der Waals surface area contributed by atoms with Gasteiger partial charge >= 0.3 is 0 Å². The van der Waals surface area contributed by atoms with Crippen LogP contribution in [-0.2, 0) is 0 Å². The number of allylic oxidation sites excluding steroid dienone is 10. The third-order valence-corrected chi connectivity index (χ3v) is 10.7. The summed E-state index contributed by atoms with van der Waals surface area (Å²) >= 11 is 0. The number of hydrogen-bond donors (Lipinski definition) is 0. The highest BCUT2D eigenvalue weighted by Gasteiger charge is 2.53. The zero-order chi connectivity index (χ0) is 32.6. The lowest BCUT2D eigenvalue weighted by atomic mass is 9.48. The molecule has 0 saturated heterocycles. The van der Waals surface area contributed by atoms with E-state index >= 15 is 0 Å². The van der Waals surface area contributed by atoms with Gasteiger partial charge in [-0.2, -0.15) is 0 Å². The molecule has 0 heteroatoms. The van der Waals surface area contributed by atoms with E-state index in [1.165, 1.54) is 22.3 Å². The SMILES string of the molecule is CC(C)(C)C1(C(C)(C)C)C=CC=CC1C=Cc1ccc(-c2ccc(C=CC3C=CC=CC3(C(C)(C)C)C(C)(C)C)cc2)cc1. The normalized spacial score (nSPS) is 21.9. The zero-order valence-corrected chi connectivity index (χ0v) is 29.7. The molecule has 2 unspecified atom stereocenters. The van der Waals surface area contributed by atoms with Crippen LogP contribution in [-0.4, -0.2) is 0 Å². The largest absolute Gasteiger partial charge is 0.0767 e. The summed E-state index contributed by atoms with van der Waals surface area (Å²) in [4.78, 5) is 0. The second-order valence-electron chi connectivity index (χ2n) is 17.2. The van der Waals surface area contributed by atoms with Crippen LogP contribution in [0.5, 0.6) is 0 Å². The Kier molecular flexibility index (Phi) is 9.21. The lowest BCUT2D eigenvalue weighted by molar-refractivity contribution is -0.00823. The van der Waals surface area contributed by atoms with Crippen LogP contribution in [0.15, 0.2) is 109 Å². The molecule has 0 aromatic heterocycles. The molecule has 2 atom stereocenters. The molecule has 2 aromatic rings. The summed E-state index contributed by atoms with van der Waals surface area (Å²) in [6.45, 7) is 28.6. The van der Waals surface area contributed by atoms with Gasteiger partial charge in [0.2, 0.25) is 0 Å². The monoisotopic (exact) mass is 586 g/mol. The molecule has 0 nitrogen and oxygen atoms in total. The Morgan fingerprint density at radius 3 is 1.00 bits per heavy atom. The Morgan fingerprint density at radius 2 is 0.727 bits per heavy atom. The minimum Gasteiger partial charge on any atom is -0.0767 e. The maximum Gasteiger partial charge on any atom is 0.00793 e. The molecule has 0 amide bonds. The fourth-order valence-corrected chi connectivity index (χ4v) is 8.99. The third-order valence-electron chi connectivity index (χ3n) is 10.7. The van der Waals surface area contributed by atoms with Gasteiger partial charge in [0, 0.05) is 22.7 Å². The predicted octanol–water partition coefficient (Wildman–Crippen LogP) is 13.0. The van der Waals surface area contributed by atoms with Crippen molar-refractivity contribution in [3.8, 4) is 11.1 Å². The Morgan fingerprint density at radius 1 is 0.432 bits per heavy atom. The zero-order valence-electron chi connectivity index (χ0n) is 29.7. The number of rotatable bonds is 5. The molecule has 4 rings (SSSR count). The molecule has 0 N–H and O–H groups in total. The summed E-state index contributed by atoms with van der Waals surface area (Å²) in [7, 11) is 0. The standard InChI is InChI=1S/C44H58/c1-39(2,3)43(40(4,5)6)31-15-13-17-37(43)29-23-33-19-25-35(26-20-33)36-27-21-34(22-28-36)24-30-38-18-14-16-32-44(38,41(7,8)9)42(10,11)12/h13-32,37-38H,1-12H3. The van der Waals surface area contributed by atoms with Crippen molar-refractivity contribution in [2.24, 2.45) is 44.3 Å². The van der Waals surface area contributed by atoms with Crippen LogP contribution in [0.2, 0.25) is 0 Å². The van der Waals surface area contributed by atoms with E-state index < -0.39 is 0 Å². The first kappa shape index (κ1) is 33.8. The molecule has 0 bridgehead atoms. The van der Waals surface area contributed by atoms with Crippen molar-refractivity contribution in [3.63, 3.8) is 0 Å². The molecule has 0 saturated carbocycles. The van der Waals surface area contributed by atoms with Crippen LogP contribution < -0.4 is 0 Å². The minimum absolute atomic E-state index is 0.0341. The van der Waals surface area contributed by atoms with Gasteiger partial charge in [0.1, 0.15) is 0 Å². The summed E-state index contributed by atoms with van der Waals surface area (Å²) in [5, 5.41) is 0. The fraction of sp³-hybridized carbons (Fsp3) is 0.455. The average molecular weight is 587 g/mol. The predicted molar refractivity (Wildman–Crippen MR) is 196 cm³/mol. The van der Waals surface area contributed by atoms with Gasteiger partial charge in [-0.1, -0.05) is 205 Å². The molecule has 2 aliphatic carbocycles. The molecule has 2 aliphatic rings. The quantitative estimate of drug-likeness (QED) is 0.327. The third kappa shape index (κ3) is 6.20. The number of benzene rings is 2. The van der Waals surface area contributed by atoms with Gasteiger partial charge in [0.15, 0.2) is 0 Å².